The van der Waals surface area contributed by atoms with E-state index in [0.29, 0.717) is 29.2 Å². The summed E-state index contributed by atoms with van der Waals surface area (Å²) < 4.78 is 5.47. The van der Waals surface area contributed by atoms with Gasteiger partial charge in [-0.15, -0.1) is 0 Å². The van der Waals surface area contributed by atoms with Gasteiger partial charge in [-0.25, -0.2) is 0 Å². The van der Waals surface area contributed by atoms with Crippen LogP contribution in [0.3, 0.4) is 0 Å². The minimum atomic E-state index is -0.321. The molecule has 1 atom stereocenters. The van der Waals surface area contributed by atoms with Crippen molar-refractivity contribution in [3.63, 3.8) is 0 Å². The Morgan fingerprint density at radius 1 is 1.27 bits per heavy atom. The Morgan fingerprint density at radius 3 is 2.40 bits per heavy atom. The van der Waals surface area contributed by atoms with Gasteiger partial charge in [-0.2, -0.15) is 0 Å². The molecule has 5 nitrogen and oxygen atoms in total. The van der Waals surface area contributed by atoms with Crippen LogP contribution in [0.15, 0.2) is 12.1 Å². The lowest BCUT2D eigenvalue weighted by atomic mass is 10.1. The molecule has 0 aliphatic rings. The molecule has 0 bridgehead atoms. The smallest absolute Gasteiger partial charge is 0.138 e. The van der Waals surface area contributed by atoms with Crippen LogP contribution in [0.1, 0.15) is 18.7 Å². The average molecular weight is 210 g/mol. The van der Waals surface area contributed by atoms with E-state index in [2.05, 4.69) is 5.32 Å². The van der Waals surface area contributed by atoms with Crippen molar-refractivity contribution in [1.82, 2.24) is 5.32 Å². The molecule has 0 unspecified atom stereocenters. The van der Waals surface area contributed by atoms with Crippen molar-refractivity contribution >= 4 is 17.1 Å². The van der Waals surface area contributed by atoms with Crippen LogP contribution in [-0.4, -0.2) is 13.7 Å². The van der Waals surface area contributed by atoms with Gasteiger partial charge in [0.05, 0.1) is 11.4 Å². The van der Waals surface area contributed by atoms with Gasteiger partial charge >= 0.3 is 0 Å². The lowest BCUT2D eigenvalue weighted by Crippen LogP contribution is -2.22. The fourth-order valence-corrected chi connectivity index (χ4v) is 1.44. The predicted molar refractivity (Wildman–Crippen MR) is 63.1 cm³/mol. The zero-order valence-electron chi connectivity index (χ0n) is 9.08. The van der Waals surface area contributed by atoms with Crippen molar-refractivity contribution < 1.29 is 4.74 Å². The fraction of sp³-hybridized carbons (Fsp3) is 0.400. The number of nitrogen functional groups attached to an aromatic ring is 3. The number of hydrogen-bond acceptors (Lipinski definition) is 5. The van der Waals surface area contributed by atoms with Gasteiger partial charge in [-0.1, -0.05) is 0 Å². The first-order chi connectivity index (χ1) is 7.11. The van der Waals surface area contributed by atoms with E-state index >= 15 is 0 Å². The molecule has 15 heavy (non-hydrogen) atoms. The highest BCUT2D eigenvalue weighted by molar-refractivity contribution is 5.75. The second kappa shape index (κ2) is 4.86. The van der Waals surface area contributed by atoms with Gasteiger partial charge in [0, 0.05) is 17.9 Å². The Morgan fingerprint density at radius 2 is 1.87 bits per heavy atom. The van der Waals surface area contributed by atoms with Crippen molar-refractivity contribution in [3.8, 4) is 0 Å². The van der Waals surface area contributed by atoms with E-state index in [9.17, 15) is 0 Å². The van der Waals surface area contributed by atoms with Crippen molar-refractivity contribution in [3.05, 3.63) is 17.7 Å². The summed E-state index contributed by atoms with van der Waals surface area (Å²) in [5, 5.41) is 2.99. The van der Waals surface area contributed by atoms with Crippen LogP contribution < -0.4 is 22.5 Å². The summed E-state index contributed by atoms with van der Waals surface area (Å²) in [6.45, 7) is 2.47. The number of nitrogens with two attached hydrogens (primary N) is 3. The van der Waals surface area contributed by atoms with E-state index < -0.39 is 0 Å². The fourth-order valence-electron chi connectivity index (χ4n) is 1.44. The molecular formula is C10H18N4O. The molecule has 0 heterocycles. The van der Waals surface area contributed by atoms with Gasteiger partial charge in [0.2, 0.25) is 0 Å². The normalized spacial score (nSPS) is 12.7. The number of anilines is 3. The van der Waals surface area contributed by atoms with Crippen LogP contribution in [0.25, 0.3) is 0 Å². The Kier molecular flexibility index (Phi) is 3.76. The third kappa shape index (κ3) is 2.31. The summed E-state index contributed by atoms with van der Waals surface area (Å²) in [5.74, 6) is 0. The molecular weight excluding hydrogens is 192 g/mol. The van der Waals surface area contributed by atoms with Crippen molar-refractivity contribution in [2.75, 3.05) is 30.9 Å². The van der Waals surface area contributed by atoms with Crippen LogP contribution in [-0.2, 0) is 4.74 Å². The maximum atomic E-state index is 5.87. The molecule has 0 saturated carbocycles. The topological polar surface area (TPSA) is 99.3 Å². The van der Waals surface area contributed by atoms with Crippen molar-refractivity contribution in [2.45, 2.75) is 13.2 Å². The summed E-state index contributed by atoms with van der Waals surface area (Å²) in [4.78, 5) is 0. The molecule has 7 N–H and O–H groups in total. The molecule has 0 aromatic heterocycles. The largest absolute Gasteiger partial charge is 0.398 e. The lowest BCUT2D eigenvalue weighted by molar-refractivity contribution is 0.0441. The Balaban J connectivity index is 3.15. The summed E-state index contributed by atoms with van der Waals surface area (Å²) in [7, 11) is 1.78. The van der Waals surface area contributed by atoms with E-state index in [1.807, 2.05) is 6.92 Å². The van der Waals surface area contributed by atoms with Crippen LogP contribution in [0.2, 0.25) is 0 Å². The Labute approximate surface area is 89.6 Å². The standard InChI is InChI=1S/C10H18N4O/c1-3-15-10(14-2)8-6(11)4-5-7(12)9(8)13/h4-5,10,14H,3,11-13H2,1-2H3/t10-/m0/s1. The second-order valence-corrected chi connectivity index (χ2v) is 3.20. The van der Waals surface area contributed by atoms with Gasteiger partial charge in [-0.3, -0.25) is 5.32 Å². The second-order valence-electron chi connectivity index (χ2n) is 3.20. The zero-order valence-corrected chi connectivity index (χ0v) is 9.08. The monoisotopic (exact) mass is 210 g/mol. The number of ether oxygens (including phenoxy) is 1. The van der Waals surface area contributed by atoms with Crippen LogP contribution in [0.4, 0.5) is 17.1 Å². The van der Waals surface area contributed by atoms with E-state index in [0.717, 1.165) is 0 Å². The number of rotatable bonds is 4. The first-order valence-corrected chi connectivity index (χ1v) is 4.84. The maximum absolute atomic E-state index is 5.87. The zero-order chi connectivity index (χ0) is 11.4. The number of nitrogens with one attached hydrogen (secondary N) is 1. The SMILES string of the molecule is CCO[C@H](NC)c1c(N)ccc(N)c1N. The average Bonchev–Trinajstić information content (AvgIpc) is 2.22. The van der Waals surface area contributed by atoms with Crippen LogP contribution in [0.5, 0.6) is 0 Å². The van der Waals surface area contributed by atoms with E-state index in [4.69, 9.17) is 21.9 Å². The molecule has 0 aliphatic carbocycles. The molecule has 0 saturated heterocycles. The Hall–Kier alpha value is -1.46. The minimum absolute atomic E-state index is 0.321. The van der Waals surface area contributed by atoms with Crippen molar-refractivity contribution in [1.29, 1.82) is 0 Å². The summed E-state index contributed by atoms with van der Waals surface area (Å²) in [5.41, 5.74) is 19.7. The van der Waals surface area contributed by atoms with Gasteiger partial charge in [-0.05, 0) is 26.1 Å². The quantitative estimate of drug-likeness (QED) is 0.433. The highest BCUT2D eigenvalue weighted by Gasteiger charge is 2.17. The van der Waals surface area contributed by atoms with Crippen LogP contribution in [0, 0.1) is 0 Å². The predicted octanol–water partition coefficient (Wildman–Crippen LogP) is 0.688. The molecule has 84 valence electrons. The maximum Gasteiger partial charge on any atom is 0.138 e. The van der Waals surface area contributed by atoms with Gasteiger partial charge in [0.25, 0.3) is 0 Å². The van der Waals surface area contributed by atoms with E-state index in [-0.39, 0.29) is 6.23 Å². The summed E-state index contributed by atoms with van der Waals surface area (Å²) in [6.07, 6.45) is -0.321. The van der Waals surface area contributed by atoms with E-state index in [1.165, 1.54) is 0 Å². The summed E-state index contributed by atoms with van der Waals surface area (Å²) >= 11 is 0. The number of hydrogen-bond donors (Lipinski definition) is 4. The van der Waals surface area contributed by atoms with Gasteiger partial charge in [0.1, 0.15) is 6.23 Å². The lowest BCUT2D eigenvalue weighted by Gasteiger charge is -2.21. The molecule has 5 heteroatoms. The molecule has 1 aromatic carbocycles. The third-order valence-electron chi connectivity index (χ3n) is 2.21. The van der Waals surface area contributed by atoms with E-state index in [1.54, 1.807) is 19.2 Å². The highest BCUT2D eigenvalue weighted by atomic mass is 16.5. The minimum Gasteiger partial charge on any atom is -0.398 e. The van der Waals surface area contributed by atoms with Gasteiger partial charge < -0.3 is 21.9 Å². The highest BCUT2D eigenvalue weighted by Crippen LogP contribution is 2.31. The molecule has 0 aliphatic heterocycles. The third-order valence-corrected chi connectivity index (χ3v) is 2.21. The Bertz CT molecular complexity index is 340. The summed E-state index contributed by atoms with van der Waals surface area (Å²) in [6, 6.07) is 3.41. The molecule has 0 spiro atoms. The van der Waals surface area contributed by atoms with Gasteiger partial charge in [0.15, 0.2) is 0 Å². The first-order valence-electron chi connectivity index (χ1n) is 4.84. The molecule has 0 radical (unpaired) electrons. The molecule has 1 rings (SSSR count). The molecule has 0 fully saturated rings. The molecule has 1 aromatic rings. The van der Waals surface area contributed by atoms with Crippen molar-refractivity contribution in [2.24, 2.45) is 0 Å². The first kappa shape index (κ1) is 11.6. The molecule has 0 amide bonds. The number of benzene rings is 1. The van der Waals surface area contributed by atoms with Crippen LogP contribution >= 0.6 is 0 Å².